The summed E-state index contributed by atoms with van der Waals surface area (Å²) >= 11 is 3.92. The van der Waals surface area contributed by atoms with E-state index < -0.39 is 39.8 Å². The Morgan fingerprint density at radius 2 is 1.25 bits per heavy atom. The van der Waals surface area contributed by atoms with Crippen LogP contribution in [0.3, 0.4) is 0 Å². The van der Waals surface area contributed by atoms with Gasteiger partial charge in [-0.1, -0.05) is 205 Å². The Morgan fingerprint density at radius 3 is 1.75 bits per heavy atom. The second-order valence-corrected chi connectivity index (χ2v) is 21.8. The molecule has 9 aromatic rings. The minimum atomic E-state index is -1.38. The fraction of sp³-hybridized carbons (Fsp3) is 0.159. The molecule has 16 heteroatoms. The zero-order chi connectivity index (χ0) is 54.2. The summed E-state index contributed by atoms with van der Waals surface area (Å²) in [6.07, 6.45) is 3.71. The summed E-state index contributed by atoms with van der Waals surface area (Å²) in [5, 5.41) is 11.5. The number of rotatable bonds is 19. The van der Waals surface area contributed by atoms with E-state index in [2.05, 4.69) is 52.0 Å². The Labute approximate surface area is 470 Å². The topological polar surface area (TPSA) is 157 Å². The fourth-order valence-corrected chi connectivity index (χ4v) is 12.9. The number of hydrogen-bond acceptors (Lipinski definition) is 14. The molecule has 13 nitrogen and oxygen atoms in total. The lowest BCUT2D eigenvalue weighted by Gasteiger charge is -2.53. The second-order valence-electron chi connectivity index (χ2n) is 19.0. The molecule has 2 aliphatic heterocycles. The molecule has 2 fully saturated rings. The number of anilines is 1. The number of methoxy groups -OCH3 is 1. The van der Waals surface area contributed by atoms with Crippen LogP contribution in [-0.4, -0.2) is 73.6 Å². The number of aromatic nitrogens is 3. The zero-order valence-electron chi connectivity index (χ0n) is 43.0. The van der Waals surface area contributed by atoms with E-state index in [-0.39, 0.29) is 36.3 Å². The standard InChI is InChI=1S/C63H53N7O6S3/c1-43-52(78-42-64-43)37-38-61(59(73)75-39-44-33-35-51(74-2)36-34-44)40-70-57(72)54(58(70)77-41-61)65-56(71)53(68-76-63(48-27-15-6-16-28-48,49-29-17-7-18-30-49)50-31-19-8-20-32-50)55-66-60(79-69-55)67-62(45-21-9-3-10-22-45,46-23-11-4-12-24-46)47-25-13-5-14-26-47/h3-38,42,54,58H,39-41H2,1-2H3,(H,65,71)(H,66,67,69)/t54?,58-,61?/m1/s1. The first kappa shape index (κ1) is 52.4. The minimum absolute atomic E-state index is 0.0245. The number of amides is 2. The summed E-state index contributed by atoms with van der Waals surface area (Å²) < 4.78 is 16.2. The average molecular weight is 1100 g/mol. The van der Waals surface area contributed by atoms with Crippen molar-refractivity contribution in [3.8, 4) is 5.75 Å². The molecule has 2 unspecified atom stereocenters. The van der Waals surface area contributed by atoms with Crippen molar-refractivity contribution in [1.29, 1.82) is 0 Å². The number of carbonyl (C=O) groups excluding carboxylic acids is 3. The van der Waals surface area contributed by atoms with Crippen molar-refractivity contribution >= 4 is 69.3 Å². The highest BCUT2D eigenvalue weighted by molar-refractivity contribution is 8.00. The van der Waals surface area contributed by atoms with Gasteiger partial charge in [0, 0.05) is 45.4 Å². The van der Waals surface area contributed by atoms with E-state index in [4.69, 9.17) is 28.8 Å². The van der Waals surface area contributed by atoms with Crippen LogP contribution < -0.4 is 15.4 Å². The molecule has 0 bridgehead atoms. The maximum absolute atomic E-state index is 15.3. The summed E-state index contributed by atoms with van der Waals surface area (Å²) in [6.45, 7) is 1.96. The number of benzene rings is 7. The molecule has 7 aromatic carbocycles. The fourth-order valence-electron chi connectivity index (χ4n) is 10.1. The number of thioether (sulfide) groups is 1. The first-order chi connectivity index (χ1) is 38.7. The third-order valence-corrected chi connectivity index (χ3v) is 17.3. The smallest absolute Gasteiger partial charge is 0.318 e. The lowest BCUT2D eigenvalue weighted by atomic mass is 9.77. The molecule has 2 N–H and O–H groups in total. The van der Waals surface area contributed by atoms with Gasteiger partial charge in [-0.15, -0.1) is 23.1 Å². The summed E-state index contributed by atoms with van der Waals surface area (Å²) in [6, 6.07) is 65.7. The van der Waals surface area contributed by atoms with E-state index in [1.807, 2.05) is 189 Å². The van der Waals surface area contributed by atoms with Crippen LogP contribution in [0.5, 0.6) is 5.75 Å². The molecule has 3 atom stereocenters. The molecule has 0 spiro atoms. The molecule has 4 heterocycles. The Hall–Kier alpha value is -8.70. The van der Waals surface area contributed by atoms with Crippen LogP contribution in [-0.2, 0) is 41.7 Å². The van der Waals surface area contributed by atoms with E-state index >= 15 is 4.79 Å². The molecule has 394 valence electrons. The number of hydrogen-bond donors (Lipinski definition) is 2. The van der Waals surface area contributed by atoms with Gasteiger partial charge < -0.3 is 29.8 Å². The molecule has 11 rings (SSSR count). The summed E-state index contributed by atoms with van der Waals surface area (Å²) in [5.41, 5.74) is 4.61. The van der Waals surface area contributed by atoms with Crippen LogP contribution in [0.1, 0.15) is 55.3 Å². The maximum atomic E-state index is 15.3. The number of thiazole rings is 1. The Balaban J connectivity index is 0.953. The Bertz CT molecular complexity index is 3420. The average Bonchev–Trinajstić information content (AvgIpc) is 4.29. The van der Waals surface area contributed by atoms with Crippen LogP contribution in [0.4, 0.5) is 5.13 Å². The number of oxime groups is 1. The molecule has 0 saturated carbocycles. The molecular weight excluding hydrogens is 1050 g/mol. The van der Waals surface area contributed by atoms with Gasteiger partial charge in [0.25, 0.3) is 5.91 Å². The van der Waals surface area contributed by atoms with Gasteiger partial charge in [-0.3, -0.25) is 14.4 Å². The number of carbonyl (C=O) groups is 3. The SMILES string of the molecule is COc1ccc(COC(=O)C2(C=Cc3scnc3C)CS[C@@H]3C(NC(=O)C(=NOC(c4ccccc4)(c4ccccc4)c4ccccc4)c4nsc(NC(c5ccccc5)(c5ccccc5)c5ccccc5)n4)C(=O)N3C2)cc1. The molecule has 2 aliphatic rings. The van der Waals surface area contributed by atoms with Crippen molar-refractivity contribution in [2.75, 3.05) is 24.7 Å². The molecular formula is C63H53N7O6S3. The zero-order valence-corrected chi connectivity index (χ0v) is 45.5. The highest BCUT2D eigenvalue weighted by atomic mass is 32.2. The lowest BCUT2D eigenvalue weighted by Crippen LogP contribution is -2.74. The van der Waals surface area contributed by atoms with Crippen LogP contribution in [0.2, 0.25) is 0 Å². The van der Waals surface area contributed by atoms with Crippen molar-refractivity contribution in [3.05, 3.63) is 273 Å². The molecule has 2 saturated heterocycles. The van der Waals surface area contributed by atoms with Crippen molar-refractivity contribution in [2.45, 2.75) is 36.1 Å². The predicted molar refractivity (Wildman–Crippen MR) is 311 cm³/mol. The first-order valence-electron chi connectivity index (χ1n) is 25.5. The van der Waals surface area contributed by atoms with Gasteiger partial charge in [0.1, 0.15) is 34.7 Å². The quantitative estimate of drug-likeness (QED) is 0.0261. The van der Waals surface area contributed by atoms with E-state index in [0.29, 0.717) is 10.9 Å². The number of nitrogens with zero attached hydrogens (tertiary/aromatic N) is 5. The van der Waals surface area contributed by atoms with E-state index in [1.54, 1.807) is 17.5 Å². The highest BCUT2D eigenvalue weighted by Gasteiger charge is 2.57. The van der Waals surface area contributed by atoms with Gasteiger partial charge in [0.05, 0.1) is 18.3 Å². The number of β-lactam (4-membered cyclic amide) rings is 1. The summed E-state index contributed by atoms with van der Waals surface area (Å²) in [4.78, 5) is 63.1. The van der Waals surface area contributed by atoms with E-state index in [1.165, 1.54) is 23.1 Å². The molecule has 2 aromatic heterocycles. The van der Waals surface area contributed by atoms with Crippen LogP contribution in [0, 0.1) is 12.3 Å². The summed E-state index contributed by atoms with van der Waals surface area (Å²) in [5.74, 6) is -0.672. The molecule has 0 aliphatic carbocycles. The lowest BCUT2D eigenvalue weighted by molar-refractivity contribution is -0.160. The predicted octanol–water partition coefficient (Wildman–Crippen LogP) is 11.3. The van der Waals surface area contributed by atoms with Gasteiger partial charge in [-0.05, 0) is 47.4 Å². The summed E-state index contributed by atoms with van der Waals surface area (Å²) in [7, 11) is 1.59. The number of esters is 1. The second kappa shape index (κ2) is 23.1. The molecule has 0 radical (unpaired) electrons. The largest absolute Gasteiger partial charge is 0.497 e. The molecule has 79 heavy (non-hydrogen) atoms. The van der Waals surface area contributed by atoms with Gasteiger partial charge in [-0.25, -0.2) is 4.98 Å². The number of fused-ring (bicyclic) bond motifs is 1. The van der Waals surface area contributed by atoms with Gasteiger partial charge in [0.15, 0.2) is 0 Å². The van der Waals surface area contributed by atoms with Crippen molar-refractivity contribution in [1.82, 2.24) is 24.6 Å². The highest BCUT2D eigenvalue weighted by Crippen LogP contribution is 2.46. The first-order valence-corrected chi connectivity index (χ1v) is 28.2. The van der Waals surface area contributed by atoms with Crippen LogP contribution >= 0.6 is 34.6 Å². The number of aryl methyl sites for hydroxylation is 1. The minimum Gasteiger partial charge on any atom is -0.497 e. The van der Waals surface area contributed by atoms with Crippen LogP contribution in [0.25, 0.3) is 6.08 Å². The normalized spacial score (nSPS) is 17.3. The maximum Gasteiger partial charge on any atom is 0.318 e. The Kier molecular flexibility index (Phi) is 15.3. The third-order valence-electron chi connectivity index (χ3n) is 14.2. The van der Waals surface area contributed by atoms with Crippen molar-refractivity contribution in [2.24, 2.45) is 10.6 Å². The third kappa shape index (κ3) is 10.5. The van der Waals surface area contributed by atoms with E-state index in [0.717, 1.165) is 61.0 Å². The van der Waals surface area contributed by atoms with Crippen molar-refractivity contribution < 1.29 is 28.7 Å². The van der Waals surface area contributed by atoms with Gasteiger partial charge in [0.2, 0.25) is 28.2 Å². The van der Waals surface area contributed by atoms with Crippen molar-refractivity contribution in [3.63, 3.8) is 0 Å². The number of nitrogens with one attached hydrogen (secondary N) is 2. The Morgan fingerprint density at radius 1 is 0.734 bits per heavy atom. The van der Waals surface area contributed by atoms with Crippen LogP contribution in [0.15, 0.2) is 223 Å². The molecule has 2 amide bonds. The van der Waals surface area contributed by atoms with E-state index in [9.17, 15) is 9.59 Å². The van der Waals surface area contributed by atoms with Gasteiger partial charge >= 0.3 is 5.97 Å². The van der Waals surface area contributed by atoms with Gasteiger partial charge in [-0.2, -0.15) is 9.36 Å². The number of ether oxygens (including phenoxy) is 2. The monoisotopic (exact) mass is 1100 g/mol.